The molecule has 0 amide bonds. The van der Waals surface area contributed by atoms with Crippen LogP contribution in [-0.4, -0.2) is 22.7 Å². The summed E-state index contributed by atoms with van der Waals surface area (Å²) in [6.07, 6.45) is 19.2. The van der Waals surface area contributed by atoms with Crippen LogP contribution in [0.2, 0.25) is 0 Å². The third-order valence-electron chi connectivity index (χ3n) is 4.30. The molecule has 0 heterocycles. The van der Waals surface area contributed by atoms with E-state index in [0.29, 0.717) is 18.1 Å². The first kappa shape index (κ1) is 23.4. The molecule has 0 aromatic carbocycles. The number of carbonyl (C=O) groups is 1. The monoisotopic (exact) mass is 358 g/mol. The second kappa shape index (κ2) is 18.7. The van der Waals surface area contributed by atoms with Gasteiger partial charge in [-0.05, 0) is 18.6 Å². The van der Waals surface area contributed by atoms with Crippen molar-refractivity contribution in [2.45, 2.75) is 110 Å². The van der Waals surface area contributed by atoms with Crippen LogP contribution in [-0.2, 0) is 9.53 Å². The minimum atomic E-state index is -0.822. The number of thiocarbonyl (C=S) groups is 1. The highest BCUT2D eigenvalue weighted by Crippen LogP contribution is 2.13. The molecule has 0 aliphatic heterocycles. The first-order chi connectivity index (χ1) is 11.7. The molecular weight excluding hydrogens is 320 g/mol. The summed E-state index contributed by atoms with van der Waals surface area (Å²) >= 11 is 4.99. The van der Waals surface area contributed by atoms with Crippen molar-refractivity contribution in [2.24, 2.45) is 0 Å². The quantitative estimate of drug-likeness (QED) is 0.219. The molecule has 0 saturated heterocycles. The number of carboxylic acid groups (broad SMARTS) is 1. The molecule has 0 bridgehead atoms. The molecule has 0 atom stereocenters. The first-order valence-corrected chi connectivity index (χ1v) is 10.4. The van der Waals surface area contributed by atoms with E-state index in [1.54, 1.807) is 0 Å². The summed E-state index contributed by atoms with van der Waals surface area (Å²) < 4.78 is 5.37. The largest absolute Gasteiger partial charge is 0.487 e. The molecule has 0 aliphatic carbocycles. The van der Waals surface area contributed by atoms with Crippen molar-refractivity contribution in [3.8, 4) is 0 Å². The average molecular weight is 359 g/mol. The van der Waals surface area contributed by atoms with E-state index in [4.69, 9.17) is 22.1 Å². The minimum Gasteiger partial charge on any atom is -0.487 e. The molecule has 0 aliphatic rings. The molecule has 0 aromatic heterocycles. The van der Waals surface area contributed by atoms with Crippen LogP contribution in [0.25, 0.3) is 0 Å². The summed E-state index contributed by atoms with van der Waals surface area (Å²) in [5.74, 6) is -0.822. The lowest BCUT2D eigenvalue weighted by molar-refractivity contribution is -0.136. The van der Waals surface area contributed by atoms with E-state index in [9.17, 15) is 4.79 Å². The Morgan fingerprint density at radius 1 is 0.750 bits per heavy atom. The van der Waals surface area contributed by atoms with Crippen molar-refractivity contribution in [3.05, 3.63) is 0 Å². The van der Waals surface area contributed by atoms with Crippen LogP contribution in [0.5, 0.6) is 0 Å². The molecule has 0 saturated carbocycles. The van der Waals surface area contributed by atoms with Gasteiger partial charge in [0.15, 0.2) is 5.05 Å². The van der Waals surface area contributed by atoms with Gasteiger partial charge in [-0.2, -0.15) is 0 Å². The fourth-order valence-corrected chi connectivity index (χ4v) is 2.95. The highest BCUT2D eigenvalue weighted by atomic mass is 32.1. The Bertz CT molecular complexity index is 305. The summed E-state index contributed by atoms with van der Waals surface area (Å²) in [4.78, 5) is 10.4. The van der Waals surface area contributed by atoms with E-state index >= 15 is 0 Å². The van der Waals surface area contributed by atoms with Crippen molar-refractivity contribution in [1.82, 2.24) is 0 Å². The van der Waals surface area contributed by atoms with Gasteiger partial charge in [0.05, 0.1) is 13.0 Å². The van der Waals surface area contributed by atoms with Gasteiger partial charge in [0.1, 0.15) is 0 Å². The zero-order chi connectivity index (χ0) is 17.9. The van der Waals surface area contributed by atoms with Crippen LogP contribution in [0.3, 0.4) is 0 Å². The second-order valence-electron chi connectivity index (χ2n) is 6.71. The zero-order valence-corrected chi connectivity index (χ0v) is 16.5. The first-order valence-electron chi connectivity index (χ1n) is 10.0. The topological polar surface area (TPSA) is 46.5 Å². The Morgan fingerprint density at radius 3 is 1.58 bits per heavy atom. The van der Waals surface area contributed by atoms with Gasteiger partial charge >= 0.3 is 5.97 Å². The number of carboxylic acids is 1. The highest BCUT2D eigenvalue weighted by molar-refractivity contribution is 7.80. The fraction of sp³-hybridized carbons (Fsp3) is 0.900. The maximum atomic E-state index is 10.4. The normalized spacial score (nSPS) is 10.7. The number of unbranched alkanes of at least 4 members (excludes halogenated alkanes) is 13. The lowest BCUT2D eigenvalue weighted by Gasteiger charge is -2.06. The standard InChI is InChI=1S/C20H38O3S/c1-2-3-4-5-6-7-8-9-10-11-12-13-14-15-18-23-20(24)17-16-19(21)22/h2-18H2,1H3,(H,21,22). The SMILES string of the molecule is CCCCCCCCCCCCCCCCOC(=S)CCC(=O)O. The molecule has 0 radical (unpaired) electrons. The Balaban J connectivity index is 3.10. The van der Waals surface area contributed by atoms with Gasteiger partial charge in [-0.15, -0.1) is 0 Å². The zero-order valence-electron chi connectivity index (χ0n) is 15.7. The second-order valence-corrected chi connectivity index (χ2v) is 7.17. The predicted molar refractivity (Wildman–Crippen MR) is 106 cm³/mol. The molecule has 4 heteroatoms. The fourth-order valence-electron chi connectivity index (χ4n) is 2.76. The van der Waals surface area contributed by atoms with E-state index < -0.39 is 5.97 Å². The highest BCUT2D eigenvalue weighted by Gasteiger charge is 2.02. The molecule has 142 valence electrons. The predicted octanol–water partition coefficient (Wildman–Crippen LogP) is 6.68. The molecule has 0 fully saturated rings. The molecule has 0 spiro atoms. The molecule has 3 nitrogen and oxygen atoms in total. The Kier molecular flexibility index (Phi) is 18.2. The lowest BCUT2D eigenvalue weighted by atomic mass is 10.0. The average Bonchev–Trinajstić information content (AvgIpc) is 2.56. The van der Waals surface area contributed by atoms with Crippen molar-refractivity contribution < 1.29 is 14.6 Å². The van der Waals surface area contributed by atoms with Gasteiger partial charge in [0.2, 0.25) is 0 Å². The Hall–Kier alpha value is -0.640. The summed E-state index contributed by atoms with van der Waals surface area (Å²) in [7, 11) is 0. The number of aliphatic carboxylic acids is 1. The number of ether oxygens (including phenoxy) is 1. The van der Waals surface area contributed by atoms with Gasteiger partial charge in [0, 0.05) is 6.42 Å². The van der Waals surface area contributed by atoms with E-state index in [1.165, 1.54) is 83.5 Å². The summed E-state index contributed by atoms with van der Waals surface area (Å²) in [6, 6.07) is 0. The minimum absolute atomic E-state index is 0.0670. The number of hydrogen-bond acceptors (Lipinski definition) is 3. The molecule has 0 rings (SSSR count). The van der Waals surface area contributed by atoms with E-state index in [-0.39, 0.29) is 6.42 Å². The molecule has 0 unspecified atom stereocenters. The molecular formula is C20H38O3S. The number of rotatable bonds is 18. The third kappa shape index (κ3) is 19.4. The summed E-state index contributed by atoms with van der Waals surface area (Å²) in [5.41, 5.74) is 0. The summed E-state index contributed by atoms with van der Waals surface area (Å²) in [5, 5.41) is 8.99. The van der Waals surface area contributed by atoms with E-state index in [0.717, 1.165) is 6.42 Å². The van der Waals surface area contributed by atoms with E-state index in [1.807, 2.05) is 0 Å². The number of hydrogen-bond donors (Lipinski definition) is 1. The Labute approximate surface area is 154 Å². The van der Waals surface area contributed by atoms with Crippen molar-refractivity contribution >= 4 is 23.2 Å². The lowest BCUT2D eigenvalue weighted by Crippen LogP contribution is -2.06. The molecule has 1 N–H and O–H groups in total. The van der Waals surface area contributed by atoms with Crippen molar-refractivity contribution in [2.75, 3.05) is 6.61 Å². The molecule has 24 heavy (non-hydrogen) atoms. The van der Waals surface area contributed by atoms with Crippen LogP contribution < -0.4 is 0 Å². The smallest absolute Gasteiger partial charge is 0.303 e. The van der Waals surface area contributed by atoms with Gasteiger partial charge in [-0.25, -0.2) is 0 Å². The van der Waals surface area contributed by atoms with Crippen LogP contribution >= 0.6 is 12.2 Å². The summed E-state index contributed by atoms with van der Waals surface area (Å²) in [6.45, 7) is 2.90. The van der Waals surface area contributed by atoms with Gasteiger partial charge in [0.25, 0.3) is 0 Å². The third-order valence-corrected chi connectivity index (χ3v) is 4.63. The van der Waals surface area contributed by atoms with Crippen molar-refractivity contribution in [1.29, 1.82) is 0 Å². The van der Waals surface area contributed by atoms with Crippen LogP contribution in [0, 0.1) is 0 Å². The van der Waals surface area contributed by atoms with E-state index in [2.05, 4.69) is 6.92 Å². The van der Waals surface area contributed by atoms with Crippen molar-refractivity contribution in [3.63, 3.8) is 0 Å². The van der Waals surface area contributed by atoms with Crippen LogP contribution in [0.15, 0.2) is 0 Å². The maximum Gasteiger partial charge on any atom is 0.303 e. The Morgan fingerprint density at radius 2 is 1.17 bits per heavy atom. The van der Waals surface area contributed by atoms with Gasteiger partial charge in [-0.1, -0.05) is 90.4 Å². The van der Waals surface area contributed by atoms with Crippen LogP contribution in [0.1, 0.15) is 110 Å². The van der Waals surface area contributed by atoms with Gasteiger partial charge in [-0.3, -0.25) is 4.79 Å². The maximum absolute atomic E-state index is 10.4. The van der Waals surface area contributed by atoms with Gasteiger partial charge < -0.3 is 9.84 Å². The van der Waals surface area contributed by atoms with Crippen LogP contribution in [0.4, 0.5) is 0 Å². The molecule has 0 aromatic rings.